The van der Waals surface area contributed by atoms with Gasteiger partial charge in [0, 0.05) is 0 Å². The lowest BCUT2D eigenvalue weighted by atomic mass is 9.94. The minimum Gasteiger partial charge on any atom is -0.496 e. The molecule has 1 aromatic carbocycles. The summed E-state index contributed by atoms with van der Waals surface area (Å²) in [6, 6.07) is 4.67. The van der Waals surface area contributed by atoms with Crippen molar-refractivity contribution >= 4 is 0 Å². The maximum absolute atomic E-state index is 13.2. The monoisotopic (exact) mass is 223 g/mol. The van der Waals surface area contributed by atoms with Crippen LogP contribution in [-0.4, -0.2) is 13.7 Å². The van der Waals surface area contributed by atoms with E-state index in [2.05, 4.69) is 0 Å². The van der Waals surface area contributed by atoms with E-state index in [1.807, 2.05) is 0 Å². The average Bonchev–Trinajstić information content (AvgIpc) is 3.10. The van der Waals surface area contributed by atoms with Gasteiger partial charge in [-0.25, -0.2) is 4.39 Å². The number of hydrogen-bond acceptors (Lipinski definition) is 2. The van der Waals surface area contributed by atoms with Gasteiger partial charge in [0.05, 0.1) is 7.11 Å². The van der Waals surface area contributed by atoms with Crippen molar-refractivity contribution in [2.45, 2.75) is 19.3 Å². The first-order valence-corrected chi connectivity index (χ1v) is 5.77. The highest BCUT2D eigenvalue weighted by atomic mass is 19.1. The van der Waals surface area contributed by atoms with Gasteiger partial charge in [-0.2, -0.15) is 0 Å². The van der Waals surface area contributed by atoms with Gasteiger partial charge in [-0.15, -0.1) is 0 Å². The van der Waals surface area contributed by atoms with Crippen molar-refractivity contribution < 1.29 is 9.13 Å². The van der Waals surface area contributed by atoms with E-state index >= 15 is 0 Å². The van der Waals surface area contributed by atoms with Crippen LogP contribution in [0.1, 0.15) is 18.4 Å². The van der Waals surface area contributed by atoms with E-state index in [9.17, 15) is 4.39 Å². The largest absolute Gasteiger partial charge is 0.496 e. The predicted molar refractivity (Wildman–Crippen MR) is 61.9 cm³/mol. The van der Waals surface area contributed by atoms with Gasteiger partial charge in [-0.3, -0.25) is 0 Å². The molecule has 2 N–H and O–H groups in total. The van der Waals surface area contributed by atoms with Gasteiger partial charge in [0.1, 0.15) is 11.6 Å². The molecule has 1 aliphatic rings. The minimum atomic E-state index is -0.206. The zero-order valence-electron chi connectivity index (χ0n) is 9.58. The Bertz CT molecular complexity index is 363. The van der Waals surface area contributed by atoms with Gasteiger partial charge >= 0.3 is 0 Å². The van der Waals surface area contributed by atoms with Crippen molar-refractivity contribution in [3.05, 3.63) is 29.6 Å². The molecule has 0 spiro atoms. The molecule has 88 valence electrons. The molecule has 1 aliphatic carbocycles. The van der Waals surface area contributed by atoms with Gasteiger partial charge in [-0.05, 0) is 61.4 Å². The quantitative estimate of drug-likeness (QED) is 0.831. The van der Waals surface area contributed by atoms with Crippen LogP contribution in [0.5, 0.6) is 5.75 Å². The van der Waals surface area contributed by atoms with E-state index in [1.54, 1.807) is 19.2 Å². The van der Waals surface area contributed by atoms with Gasteiger partial charge in [0.25, 0.3) is 0 Å². The zero-order chi connectivity index (χ0) is 11.5. The SMILES string of the molecule is COc1ccc(F)cc1CC(CN)C1CC1. The smallest absolute Gasteiger partial charge is 0.123 e. The van der Waals surface area contributed by atoms with Crippen molar-refractivity contribution in [1.29, 1.82) is 0 Å². The first-order chi connectivity index (χ1) is 7.74. The van der Waals surface area contributed by atoms with Crippen LogP contribution in [-0.2, 0) is 6.42 Å². The summed E-state index contributed by atoms with van der Waals surface area (Å²) in [5.41, 5.74) is 6.69. The molecule has 2 nitrogen and oxygen atoms in total. The molecule has 3 heteroatoms. The topological polar surface area (TPSA) is 35.2 Å². The molecule has 0 aromatic heterocycles. The Balaban J connectivity index is 2.14. The van der Waals surface area contributed by atoms with Gasteiger partial charge in [0.2, 0.25) is 0 Å². The second-order valence-corrected chi connectivity index (χ2v) is 4.49. The van der Waals surface area contributed by atoms with Crippen molar-refractivity contribution in [3.63, 3.8) is 0 Å². The Morgan fingerprint density at radius 1 is 1.50 bits per heavy atom. The first-order valence-electron chi connectivity index (χ1n) is 5.77. The van der Waals surface area contributed by atoms with Crippen LogP contribution in [0.15, 0.2) is 18.2 Å². The number of halogens is 1. The summed E-state index contributed by atoms with van der Waals surface area (Å²) in [6.07, 6.45) is 3.35. The minimum absolute atomic E-state index is 0.206. The molecular formula is C13H18FNO. The number of methoxy groups -OCH3 is 1. The summed E-state index contributed by atoms with van der Waals surface area (Å²) < 4.78 is 18.4. The molecule has 0 saturated heterocycles. The van der Waals surface area contributed by atoms with Crippen LogP contribution in [0.2, 0.25) is 0 Å². The van der Waals surface area contributed by atoms with E-state index in [4.69, 9.17) is 10.5 Å². The van der Waals surface area contributed by atoms with E-state index in [0.29, 0.717) is 12.5 Å². The number of hydrogen-bond donors (Lipinski definition) is 1. The number of benzene rings is 1. The molecule has 1 unspecified atom stereocenters. The molecule has 1 aromatic rings. The summed E-state index contributed by atoms with van der Waals surface area (Å²) in [5, 5.41) is 0. The molecule has 0 aliphatic heterocycles. The molecule has 0 amide bonds. The molecule has 1 fully saturated rings. The summed E-state index contributed by atoms with van der Waals surface area (Å²) in [7, 11) is 1.62. The van der Waals surface area contributed by atoms with Gasteiger partial charge in [0.15, 0.2) is 0 Å². The maximum atomic E-state index is 13.2. The highest BCUT2D eigenvalue weighted by molar-refractivity contribution is 5.34. The fourth-order valence-corrected chi connectivity index (χ4v) is 2.20. The lowest BCUT2D eigenvalue weighted by molar-refractivity contribution is 0.397. The van der Waals surface area contributed by atoms with E-state index in [0.717, 1.165) is 23.7 Å². The highest BCUT2D eigenvalue weighted by Crippen LogP contribution is 2.39. The van der Waals surface area contributed by atoms with Crippen molar-refractivity contribution in [2.75, 3.05) is 13.7 Å². The molecule has 16 heavy (non-hydrogen) atoms. The third-order valence-corrected chi connectivity index (χ3v) is 3.32. The summed E-state index contributed by atoms with van der Waals surface area (Å²) in [6.45, 7) is 0.671. The van der Waals surface area contributed by atoms with Gasteiger partial charge in [-0.1, -0.05) is 0 Å². The average molecular weight is 223 g/mol. The molecule has 2 rings (SSSR count). The van der Waals surface area contributed by atoms with Crippen LogP contribution in [0, 0.1) is 17.7 Å². The van der Waals surface area contributed by atoms with Crippen LogP contribution in [0.3, 0.4) is 0 Å². The van der Waals surface area contributed by atoms with Gasteiger partial charge < -0.3 is 10.5 Å². The number of ether oxygens (including phenoxy) is 1. The van der Waals surface area contributed by atoms with Crippen LogP contribution in [0.25, 0.3) is 0 Å². The lowest BCUT2D eigenvalue weighted by Crippen LogP contribution is -2.19. The summed E-state index contributed by atoms with van der Waals surface area (Å²) >= 11 is 0. The van der Waals surface area contributed by atoms with Crippen molar-refractivity contribution in [1.82, 2.24) is 0 Å². The maximum Gasteiger partial charge on any atom is 0.123 e. The number of nitrogens with two attached hydrogens (primary N) is 1. The molecule has 0 bridgehead atoms. The number of rotatable bonds is 5. The van der Waals surface area contributed by atoms with Crippen LogP contribution >= 0.6 is 0 Å². The molecular weight excluding hydrogens is 205 g/mol. The van der Waals surface area contributed by atoms with E-state index < -0.39 is 0 Å². The zero-order valence-corrected chi connectivity index (χ0v) is 9.58. The Morgan fingerprint density at radius 3 is 2.81 bits per heavy atom. The molecule has 0 radical (unpaired) electrons. The normalized spacial score (nSPS) is 17.2. The Kier molecular flexibility index (Phi) is 3.44. The molecule has 1 atom stereocenters. The fraction of sp³-hybridized carbons (Fsp3) is 0.538. The molecule has 0 heterocycles. The Hall–Kier alpha value is -1.09. The van der Waals surface area contributed by atoms with Crippen LogP contribution in [0.4, 0.5) is 4.39 Å². The van der Waals surface area contributed by atoms with Crippen molar-refractivity contribution in [3.8, 4) is 5.75 Å². The highest BCUT2D eigenvalue weighted by Gasteiger charge is 2.30. The van der Waals surface area contributed by atoms with E-state index in [-0.39, 0.29) is 5.82 Å². The van der Waals surface area contributed by atoms with Crippen LogP contribution < -0.4 is 10.5 Å². The second-order valence-electron chi connectivity index (χ2n) is 4.49. The first kappa shape index (κ1) is 11.4. The van der Waals surface area contributed by atoms with E-state index in [1.165, 1.54) is 18.9 Å². The standard InChI is InChI=1S/C13H18FNO/c1-16-13-5-4-12(14)7-10(13)6-11(8-15)9-2-3-9/h4-5,7,9,11H,2-3,6,8,15H2,1H3. The predicted octanol–water partition coefficient (Wildman–Crippen LogP) is 2.36. The Morgan fingerprint density at radius 2 is 2.25 bits per heavy atom. The Labute approximate surface area is 95.6 Å². The third-order valence-electron chi connectivity index (χ3n) is 3.32. The molecule has 1 saturated carbocycles. The second kappa shape index (κ2) is 4.83. The third kappa shape index (κ3) is 2.53. The summed E-state index contributed by atoms with van der Waals surface area (Å²) in [5.74, 6) is 1.76. The van der Waals surface area contributed by atoms with Crippen molar-refractivity contribution in [2.24, 2.45) is 17.6 Å². The lowest BCUT2D eigenvalue weighted by Gasteiger charge is -2.16. The summed E-state index contributed by atoms with van der Waals surface area (Å²) in [4.78, 5) is 0. The fourth-order valence-electron chi connectivity index (χ4n) is 2.20.